The summed E-state index contributed by atoms with van der Waals surface area (Å²) >= 11 is 2.22. The zero-order valence-corrected chi connectivity index (χ0v) is 13.5. The Labute approximate surface area is 124 Å². The molecule has 0 heterocycles. The molecule has 1 atom stereocenters. The SMILES string of the molecule is CC(C)CCC[C@H](C)NC(=O)c1cccc(I)c1. The van der Waals surface area contributed by atoms with Crippen molar-refractivity contribution < 1.29 is 4.79 Å². The second-order valence-electron chi connectivity index (χ2n) is 5.21. The highest BCUT2D eigenvalue weighted by molar-refractivity contribution is 14.1. The van der Waals surface area contributed by atoms with Gasteiger partial charge < -0.3 is 5.32 Å². The van der Waals surface area contributed by atoms with Gasteiger partial charge in [0.1, 0.15) is 0 Å². The molecule has 3 heteroatoms. The molecule has 0 fully saturated rings. The Morgan fingerprint density at radius 1 is 1.28 bits per heavy atom. The van der Waals surface area contributed by atoms with Gasteiger partial charge in [-0.1, -0.05) is 32.8 Å². The van der Waals surface area contributed by atoms with Crippen LogP contribution in [0.15, 0.2) is 24.3 Å². The van der Waals surface area contributed by atoms with Gasteiger partial charge in [0.25, 0.3) is 5.91 Å². The van der Waals surface area contributed by atoms with Gasteiger partial charge in [0.05, 0.1) is 0 Å². The molecule has 1 aromatic rings. The summed E-state index contributed by atoms with van der Waals surface area (Å²) in [4.78, 5) is 12.0. The molecule has 0 aromatic heterocycles. The van der Waals surface area contributed by atoms with Gasteiger partial charge in [0, 0.05) is 15.2 Å². The fraction of sp³-hybridized carbons (Fsp3) is 0.533. The van der Waals surface area contributed by atoms with Gasteiger partial charge in [-0.3, -0.25) is 4.79 Å². The van der Waals surface area contributed by atoms with Crippen molar-refractivity contribution in [1.29, 1.82) is 0 Å². The third-order valence-corrected chi connectivity index (χ3v) is 3.55. The minimum Gasteiger partial charge on any atom is -0.350 e. The van der Waals surface area contributed by atoms with E-state index < -0.39 is 0 Å². The van der Waals surface area contributed by atoms with Crippen LogP contribution in [0.3, 0.4) is 0 Å². The molecule has 1 rings (SSSR count). The lowest BCUT2D eigenvalue weighted by Gasteiger charge is -2.14. The van der Waals surface area contributed by atoms with Crippen molar-refractivity contribution in [2.24, 2.45) is 5.92 Å². The molecule has 0 aliphatic rings. The Morgan fingerprint density at radius 3 is 2.61 bits per heavy atom. The molecule has 1 aromatic carbocycles. The van der Waals surface area contributed by atoms with E-state index >= 15 is 0 Å². The Bertz CT molecular complexity index is 390. The second-order valence-corrected chi connectivity index (χ2v) is 6.46. The lowest BCUT2D eigenvalue weighted by Crippen LogP contribution is -2.32. The zero-order chi connectivity index (χ0) is 13.5. The summed E-state index contributed by atoms with van der Waals surface area (Å²) in [6.07, 6.45) is 3.45. The normalized spacial score (nSPS) is 12.5. The number of hydrogen-bond donors (Lipinski definition) is 1. The number of rotatable bonds is 6. The summed E-state index contributed by atoms with van der Waals surface area (Å²) in [5.74, 6) is 0.772. The first-order valence-corrected chi connectivity index (χ1v) is 7.63. The van der Waals surface area contributed by atoms with Gasteiger partial charge in [-0.2, -0.15) is 0 Å². The average molecular weight is 359 g/mol. The average Bonchev–Trinajstić information content (AvgIpc) is 2.28. The summed E-state index contributed by atoms with van der Waals surface area (Å²) in [5.41, 5.74) is 0.748. The summed E-state index contributed by atoms with van der Waals surface area (Å²) in [5, 5.41) is 3.05. The van der Waals surface area contributed by atoms with Crippen molar-refractivity contribution in [2.75, 3.05) is 0 Å². The van der Waals surface area contributed by atoms with Crippen molar-refractivity contribution in [2.45, 2.75) is 46.1 Å². The highest BCUT2D eigenvalue weighted by atomic mass is 127. The Balaban J connectivity index is 2.40. The Morgan fingerprint density at radius 2 is 2.00 bits per heavy atom. The molecular formula is C15H22INO. The van der Waals surface area contributed by atoms with E-state index in [9.17, 15) is 4.79 Å². The van der Waals surface area contributed by atoms with Gasteiger partial charge in [0.2, 0.25) is 0 Å². The van der Waals surface area contributed by atoms with Crippen molar-refractivity contribution in [3.63, 3.8) is 0 Å². The summed E-state index contributed by atoms with van der Waals surface area (Å²) in [6.45, 7) is 6.54. The number of halogens is 1. The molecular weight excluding hydrogens is 337 g/mol. The van der Waals surface area contributed by atoms with Crippen molar-refractivity contribution in [3.8, 4) is 0 Å². The number of benzene rings is 1. The van der Waals surface area contributed by atoms with Crippen LogP contribution in [0, 0.1) is 9.49 Å². The van der Waals surface area contributed by atoms with Crippen molar-refractivity contribution in [1.82, 2.24) is 5.32 Å². The van der Waals surface area contributed by atoms with Gasteiger partial charge >= 0.3 is 0 Å². The van der Waals surface area contributed by atoms with E-state index in [0.717, 1.165) is 21.5 Å². The molecule has 0 bridgehead atoms. The van der Waals surface area contributed by atoms with Gasteiger partial charge in [-0.25, -0.2) is 0 Å². The van der Waals surface area contributed by atoms with Crippen molar-refractivity contribution in [3.05, 3.63) is 33.4 Å². The van der Waals surface area contributed by atoms with Crippen molar-refractivity contribution >= 4 is 28.5 Å². The van der Waals surface area contributed by atoms with E-state index in [1.165, 1.54) is 12.8 Å². The maximum absolute atomic E-state index is 12.0. The largest absolute Gasteiger partial charge is 0.350 e. The molecule has 0 aliphatic heterocycles. The second kappa shape index (κ2) is 7.77. The Hall–Kier alpha value is -0.580. The van der Waals surface area contributed by atoms with Crippen LogP contribution in [-0.2, 0) is 0 Å². The van der Waals surface area contributed by atoms with E-state index in [2.05, 4.69) is 48.7 Å². The summed E-state index contributed by atoms with van der Waals surface area (Å²) < 4.78 is 1.09. The quantitative estimate of drug-likeness (QED) is 0.757. The molecule has 0 spiro atoms. The van der Waals surface area contributed by atoms with E-state index in [1.54, 1.807) is 0 Å². The lowest BCUT2D eigenvalue weighted by atomic mass is 10.0. The first kappa shape index (κ1) is 15.5. The molecule has 0 aliphatic carbocycles. The number of carbonyl (C=O) groups is 1. The standard InChI is InChI=1S/C15H22INO/c1-11(2)6-4-7-12(3)17-15(18)13-8-5-9-14(16)10-13/h5,8-12H,4,6-7H2,1-3H3,(H,17,18)/t12-/m0/s1. The van der Waals surface area contributed by atoms with Crippen LogP contribution >= 0.6 is 22.6 Å². The molecule has 0 unspecified atom stereocenters. The fourth-order valence-corrected chi connectivity index (χ4v) is 2.38. The maximum Gasteiger partial charge on any atom is 0.251 e. The lowest BCUT2D eigenvalue weighted by molar-refractivity contribution is 0.0937. The molecule has 18 heavy (non-hydrogen) atoms. The monoisotopic (exact) mass is 359 g/mol. The molecule has 2 nitrogen and oxygen atoms in total. The fourth-order valence-electron chi connectivity index (χ4n) is 1.84. The van der Waals surface area contributed by atoms with Crippen LogP contribution in [0.5, 0.6) is 0 Å². The number of amides is 1. The molecule has 1 amide bonds. The number of hydrogen-bond acceptors (Lipinski definition) is 1. The highest BCUT2D eigenvalue weighted by Crippen LogP contribution is 2.10. The van der Waals surface area contributed by atoms with Crippen LogP contribution in [-0.4, -0.2) is 11.9 Å². The van der Waals surface area contributed by atoms with Crippen LogP contribution in [0.25, 0.3) is 0 Å². The predicted octanol–water partition coefficient (Wildman–Crippen LogP) is 4.24. The van der Waals surface area contributed by atoms with Crippen LogP contribution in [0.4, 0.5) is 0 Å². The van der Waals surface area contributed by atoms with E-state index in [0.29, 0.717) is 0 Å². The third kappa shape index (κ3) is 5.85. The predicted molar refractivity (Wildman–Crippen MR) is 84.8 cm³/mol. The van der Waals surface area contributed by atoms with Gasteiger partial charge in [-0.05, 0) is 60.1 Å². The molecule has 1 N–H and O–H groups in total. The summed E-state index contributed by atoms with van der Waals surface area (Å²) in [7, 11) is 0. The number of carbonyl (C=O) groups excluding carboxylic acids is 1. The first-order valence-electron chi connectivity index (χ1n) is 6.55. The van der Waals surface area contributed by atoms with E-state index in [1.807, 2.05) is 24.3 Å². The van der Waals surface area contributed by atoms with Crippen LogP contribution in [0.2, 0.25) is 0 Å². The topological polar surface area (TPSA) is 29.1 Å². The highest BCUT2D eigenvalue weighted by Gasteiger charge is 2.09. The molecule has 0 saturated carbocycles. The van der Waals surface area contributed by atoms with Gasteiger partial charge in [0.15, 0.2) is 0 Å². The minimum absolute atomic E-state index is 0.0329. The number of nitrogens with one attached hydrogen (secondary N) is 1. The third-order valence-electron chi connectivity index (χ3n) is 2.88. The molecule has 100 valence electrons. The Kier molecular flexibility index (Phi) is 6.68. The molecule has 0 saturated heterocycles. The van der Waals surface area contributed by atoms with Crippen LogP contribution in [0.1, 0.15) is 50.4 Å². The summed E-state index contributed by atoms with van der Waals surface area (Å²) in [6, 6.07) is 7.92. The van der Waals surface area contributed by atoms with E-state index in [-0.39, 0.29) is 11.9 Å². The zero-order valence-electron chi connectivity index (χ0n) is 11.4. The van der Waals surface area contributed by atoms with Gasteiger partial charge in [-0.15, -0.1) is 0 Å². The minimum atomic E-state index is 0.0329. The smallest absolute Gasteiger partial charge is 0.251 e. The van der Waals surface area contributed by atoms with Crippen LogP contribution < -0.4 is 5.32 Å². The molecule has 0 radical (unpaired) electrons. The first-order chi connectivity index (χ1) is 8.49. The maximum atomic E-state index is 12.0. The van der Waals surface area contributed by atoms with E-state index in [4.69, 9.17) is 0 Å².